The van der Waals surface area contributed by atoms with Crippen LogP contribution in [0.15, 0.2) is 25.1 Å². The monoisotopic (exact) mass is 167 g/mol. The second-order valence-electron chi connectivity index (χ2n) is 3.02. The minimum Gasteiger partial charge on any atom is -0.317 e. The third kappa shape index (κ3) is 2.58. The van der Waals surface area contributed by atoms with Crippen molar-refractivity contribution in [3.63, 3.8) is 0 Å². The largest absolute Gasteiger partial charge is 0.317 e. The molecule has 0 aromatic heterocycles. The van der Waals surface area contributed by atoms with Gasteiger partial charge in [-0.3, -0.25) is 0 Å². The van der Waals surface area contributed by atoms with Gasteiger partial charge >= 0.3 is 0 Å². The molecule has 0 spiro atoms. The number of nitrogens with one attached hydrogen (secondary N) is 3. The molecule has 12 heavy (non-hydrogen) atoms. The van der Waals surface area contributed by atoms with Crippen molar-refractivity contribution in [3.8, 4) is 0 Å². The van der Waals surface area contributed by atoms with Gasteiger partial charge in [-0.2, -0.15) is 0 Å². The number of hydrazine groups is 1. The Morgan fingerprint density at radius 3 is 2.67 bits per heavy atom. The van der Waals surface area contributed by atoms with E-state index in [2.05, 4.69) is 29.3 Å². The molecule has 0 aromatic rings. The molecule has 1 aliphatic rings. The number of rotatable bonds is 4. The molecule has 1 saturated heterocycles. The van der Waals surface area contributed by atoms with Gasteiger partial charge < -0.3 is 16.2 Å². The SMILES string of the molecule is C=CNNC(=C)C1CCNCC1. The average Bonchev–Trinajstić information content (AvgIpc) is 2.15. The zero-order valence-electron chi connectivity index (χ0n) is 7.40. The third-order valence-electron chi connectivity index (χ3n) is 2.17. The summed E-state index contributed by atoms with van der Waals surface area (Å²) in [6.07, 6.45) is 3.96. The van der Waals surface area contributed by atoms with Crippen LogP contribution < -0.4 is 16.2 Å². The van der Waals surface area contributed by atoms with Gasteiger partial charge in [-0.15, -0.1) is 0 Å². The molecule has 3 heteroatoms. The molecule has 1 heterocycles. The molecule has 1 fully saturated rings. The molecule has 0 aliphatic carbocycles. The summed E-state index contributed by atoms with van der Waals surface area (Å²) in [6.45, 7) is 9.71. The summed E-state index contributed by atoms with van der Waals surface area (Å²) in [4.78, 5) is 0. The normalized spacial score (nSPS) is 18.3. The Kier molecular flexibility index (Phi) is 3.67. The number of hydrogen-bond acceptors (Lipinski definition) is 3. The maximum Gasteiger partial charge on any atom is 0.0274 e. The van der Waals surface area contributed by atoms with Gasteiger partial charge in [-0.1, -0.05) is 13.2 Å². The van der Waals surface area contributed by atoms with Crippen molar-refractivity contribution in [1.82, 2.24) is 16.2 Å². The standard InChI is InChI=1S/C9H17N3/c1-3-11-12-8(2)9-4-6-10-7-5-9/h3,9-12H,1-2,4-7H2. The molecule has 0 atom stereocenters. The Bertz CT molecular complexity index is 159. The molecular formula is C9H17N3. The molecule has 3 nitrogen and oxygen atoms in total. The van der Waals surface area contributed by atoms with E-state index in [-0.39, 0.29) is 0 Å². The molecule has 1 aliphatic heterocycles. The van der Waals surface area contributed by atoms with Crippen LogP contribution in [-0.4, -0.2) is 13.1 Å². The first-order valence-corrected chi connectivity index (χ1v) is 4.36. The molecule has 0 unspecified atom stereocenters. The lowest BCUT2D eigenvalue weighted by atomic mass is 9.96. The zero-order valence-corrected chi connectivity index (χ0v) is 7.40. The summed E-state index contributed by atoms with van der Waals surface area (Å²) in [5.41, 5.74) is 6.92. The quantitative estimate of drug-likeness (QED) is 0.540. The lowest BCUT2D eigenvalue weighted by molar-refractivity contribution is 0.397. The summed E-state index contributed by atoms with van der Waals surface area (Å²) in [7, 11) is 0. The fourth-order valence-electron chi connectivity index (χ4n) is 1.42. The highest BCUT2D eigenvalue weighted by atomic mass is 15.3. The maximum atomic E-state index is 3.97. The molecule has 0 radical (unpaired) electrons. The van der Waals surface area contributed by atoms with Crippen molar-refractivity contribution in [1.29, 1.82) is 0 Å². The molecule has 0 bridgehead atoms. The Balaban J connectivity index is 2.24. The Hall–Kier alpha value is -0.960. The smallest absolute Gasteiger partial charge is 0.0274 e. The Morgan fingerprint density at radius 1 is 1.42 bits per heavy atom. The molecule has 1 rings (SSSR count). The molecular weight excluding hydrogens is 150 g/mol. The number of hydrogen-bond donors (Lipinski definition) is 3. The predicted octanol–water partition coefficient (Wildman–Crippen LogP) is 0.737. The van der Waals surface area contributed by atoms with Gasteiger partial charge in [0.25, 0.3) is 0 Å². The van der Waals surface area contributed by atoms with Gasteiger partial charge in [-0.05, 0) is 25.9 Å². The summed E-state index contributed by atoms with van der Waals surface area (Å²) < 4.78 is 0. The van der Waals surface area contributed by atoms with Crippen LogP contribution in [-0.2, 0) is 0 Å². The zero-order chi connectivity index (χ0) is 8.81. The van der Waals surface area contributed by atoms with Crippen LogP contribution in [0.4, 0.5) is 0 Å². The van der Waals surface area contributed by atoms with E-state index in [0.29, 0.717) is 5.92 Å². The van der Waals surface area contributed by atoms with E-state index in [9.17, 15) is 0 Å². The number of allylic oxidation sites excluding steroid dienone is 1. The lowest BCUT2D eigenvalue weighted by Gasteiger charge is -2.25. The highest BCUT2D eigenvalue weighted by molar-refractivity contribution is 4.99. The fraction of sp³-hybridized carbons (Fsp3) is 0.556. The molecule has 0 aromatic carbocycles. The van der Waals surface area contributed by atoms with Crippen LogP contribution in [0.1, 0.15) is 12.8 Å². The van der Waals surface area contributed by atoms with Crippen LogP contribution in [0.2, 0.25) is 0 Å². The van der Waals surface area contributed by atoms with E-state index >= 15 is 0 Å². The van der Waals surface area contributed by atoms with Crippen LogP contribution in [0.3, 0.4) is 0 Å². The lowest BCUT2D eigenvalue weighted by Crippen LogP contribution is -2.35. The van der Waals surface area contributed by atoms with Gasteiger partial charge in [0.05, 0.1) is 0 Å². The van der Waals surface area contributed by atoms with Crippen LogP contribution in [0.5, 0.6) is 0 Å². The predicted molar refractivity (Wildman–Crippen MR) is 51.2 cm³/mol. The second-order valence-corrected chi connectivity index (χ2v) is 3.02. The van der Waals surface area contributed by atoms with Gasteiger partial charge in [0, 0.05) is 17.8 Å². The van der Waals surface area contributed by atoms with E-state index in [1.165, 1.54) is 12.8 Å². The highest BCUT2D eigenvalue weighted by Crippen LogP contribution is 2.16. The second kappa shape index (κ2) is 4.83. The van der Waals surface area contributed by atoms with Crippen molar-refractivity contribution in [2.75, 3.05) is 13.1 Å². The van der Waals surface area contributed by atoms with Gasteiger partial charge in [0.15, 0.2) is 0 Å². The fourth-order valence-corrected chi connectivity index (χ4v) is 1.42. The minimum absolute atomic E-state index is 0.596. The first kappa shape index (κ1) is 9.13. The first-order chi connectivity index (χ1) is 5.84. The molecule has 3 N–H and O–H groups in total. The van der Waals surface area contributed by atoms with Crippen LogP contribution in [0, 0.1) is 5.92 Å². The Labute approximate surface area is 73.9 Å². The minimum atomic E-state index is 0.596. The maximum absolute atomic E-state index is 3.97. The van der Waals surface area contributed by atoms with E-state index in [0.717, 1.165) is 18.8 Å². The third-order valence-corrected chi connectivity index (χ3v) is 2.17. The van der Waals surface area contributed by atoms with Gasteiger partial charge in [-0.25, -0.2) is 0 Å². The highest BCUT2D eigenvalue weighted by Gasteiger charge is 2.15. The van der Waals surface area contributed by atoms with Gasteiger partial charge in [0.2, 0.25) is 0 Å². The summed E-state index contributed by atoms with van der Waals surface area (Å²) >= 11 is 0. The van der Waals surface area contributed by atoms with Crippen molar-refractivity contribution in [3.05, 3.63) is 25.1 Å². The molecule has 0 amide bonds. The van der Waals surface area contributed by atoms with Crippen molar-refractivity contribution in [2.45, 2.75) is 12.8 Å². The summed E-state index contributed by atoms with van der Waals surface area (Å²) in [6, 6.07) is 0. The van der Waals surface area contributed by atoms with E-state index in [4.69, 9.17) is 0 Å². The van der Waals surface area contributed by atoms with Crippen molar-refractivity contribution in [2.24, 2.45) is 5.92 Å². The van der Waals surface area contributed by atoms with Crippen LogP contribution in [0.25, 0.3) is 0 Å². The van der Waals surface area contributed by atoms with Crippen molar-refractivity contribution >= 4 is 0 Å². The van der Waals surface area contributed by atoms with Crippen molar-refractivity contribution < 1.29 is 0 Å². The first-order valence-electron chi connectivity index (χ1n) is 4.36. The summed E-state index contributed by atoms with van der Waals surface area (Å²) in [5.74, 6) is 0.596. The topological polar surface area (TPSA) is 36.1 Å². The number of piperidine rings is 1. The summed E-state index contributed by atoms with van der Waals surface area (Å²) in [5, 5.41) is 3.32. The van der Waals surface area contributed by atoms with E-state index in [1.807, 2.05) is 0 Å². The van der Waals surface area contributed by atoms with E-state index in [1.54, 1.807) is 6.20 Å². The molecule has 68 valence electrons. The van der Waals surface area contributed by atoms with Crippen LogP contribution >= 0.6 is 0 Å². The Morgan fingerprint density at radius 2 is 2.08 bits per heavy atom. The van der Waals surface area contributed by atoms with Gasteiger partial charge in [0.1, 0.15) is 0 Å². The average molecular weight is 167 g/mol. The molecule has 0 saturated carbocycles. The van der Waals surface area contributed by atoms with E-state index < -0.39 is 0 Å².